The first-order valence-corrected chi connectivity index (χ1v) is 3.81. The van der Waals surface area contributed by atoms with Crippen molar-refractivity contribution < 1.29 is 4.39 Å². The summed E-state index contributed by atoms with van der Waals surface area (Å²) >= 11 is 0. The molecule has 2 heteroatoms. The smallest absolute Gasteiger partial charge is 0.137 e. The van der Waals surface area contributed by atoms with Crippen molar-refractivity contribution in [3.63, 3.8) is 0 Å². The van der Waals surface area contributed by atoms with Crippen LogP contribution in [0.4, 0.5) is 4.39 Å². The fraction of sp³-hybridized carbons (Fsp3) is 0.300. The molecule has 1 unspecified atom stereocenters. The molecule has 0 radical (unpaired) electrons. The lowest BCUT2D eigenvalue weighted by Crippen LogP contribution is -1.90. The van der Waals surface area contributed by atoms with Crippen LogP contribution in [0, 0.1) is 17.2 Å². The minimum absolute atomic E-state index is 0.0760. The zero-order valence-corrected chi connectivity index (χ0v) is 7.13. The third-order valence-electron chi connectivity index (χ3n) is 2.01. The molecule has 0 saturated carbocycles. The number of hydrogen-bond acceptors (Lipinski definition) is 1. The molecule has 1 nitrogen and oxygen atoms in total. The van der Waals surface area contributed by atoms with E-state index in [4.69, 9.17) is 5.26 Å². The van der Waals surface area contributed by atoms with E-state index in [-0.39, 0.29) is 11.5 Å². The van der Waals surface area contributed by atoms with Gasteiger partial charge >= 0.3 is 0 Å². The molecule has 0 spiro atoms. The first kappa shape index (κ1) is 8.73. The molecule has 0 aromatic rings. The van der Waals surface area contributed by atoms with E-state index in [1.807, 2.05) is 19.9 Å². The molecule has 0 aliphatic heterocycles. The highest BCUT2D eigenvalue weighted by Gasteiger charge is 2.10. The Morgan fingerprint density at radius 2 is 2.17 bits per heavy atom. The van der Waals surface area contributed by atoms with Gasteiger partial charge < -0.3 is 0 Å². The van der Waals surface area contributed by atoms with E-state index in [1.54, 1.807) is 6.08 Å². The SMILES string of the molecule is CC1=CC=C(C#N)C(F)=CC1C. The fourth-order valence-electron chi connectivity index (χ4n) is 0.978. The molecule has 0 fully saturated rings. The van der Waals surface area contributed by atoms with E-state index in [9.17, 15) is 4.39 Å². The van der Waals surface area contributed by atoms with Gasteiger partial charge in [0.05, 0.1) is 5.57 Å². The molecule has 12 heavy (non-hydrogen) atoms. The van der Waals surface area contributed by atoms with Gasteiger partial charge in [-0.3, -0.25) is 0 Å². The average molecular weight is 163 g/mol. The monoisotopic (exact) mass is 163 g/mol. The Kier molecular flexibility index (Phi) is 2.44. The van der Waals surface area contributed by atoms with Crippen LogP contribution in [-0.4, -0.2) is 0 Å². The van der Waals surface area contributed by atoms with Gasteiger partial charge in [-0.1, -0.05) is 18.6 Å². The van der Waals surface area contributed by atoms with Crippen LogP contribution in [0.5, 0.6) is 0 Å². The van der Waals surface area contributed by atoms with Gasteiger partial charge in [-0.05, 0) is 25.0 Å². The number of hydrogen-bond donors (Lipinski definition) is 0. The summed E-state index contributed by atoms with van der Waals surface area (Å²) in [5.74, 6) is -0.342. The second-order valence-electron chi connectivity index (χ2n) is 2.91. The summed E-state index contributed by atoms with van der Waals surface area (Å²) in [5, 5.41) is 8.53. The van der Waals surface area contributed by atoms with Crippen molar-refractivity contribution in [2.45, 2.75) is 13.8 Å². The number of nitrogens with zero attached hydrogens (tertiary/aromatic N) is 1. The van der Waals surface area contributed by atoms with E-state index >= 15 is 0 Å². The minimum atomic E-state index is -0.418. The van der Waals surface area contributed by atoms with E-state index < -0.39 is 5.83 Å². The molecular weight excluding hydrogens is 153 g/mol. The number of rotatable bonds is 0. The lowest BCUT2D eigenvalue weighted by atomic mass is 10.0. The molecule has 0 N–H and O–H groups in total. The predicted octanol–water partition coefficient (Wildman–Crippen LogP) is 2.89. The summed E-state index contributed by atoms with van der Waals surface area (Å²) < 4.78 is 13.1. The zero-order valence-electron chi connectivity index (χ0n) is 7.13. The molecule has 0 amide bonds. The van der Waals surface area contributed by atoms with Crippen LogP contribution in [-0.2, 0) is 0 Å². The molecule has 0 aromatic carbocycles. The van der Waals surface area contributed by atoms with Gasteiger partial charge in [0, 0.05) is 0 Å². The molecule has 1 aliphatic rings. The minimum Gasteiger partial charge on any atom is -0.206 e. The molecule has 1 atom stereocenters. The summed E-state index contributed by atoms with van der Waals surface area (Å²) in [5.41, 5.74) is 1.18. The zero-order chi connectivity index (χ0) is 9.14. The van der Waals surface area contributed by atoms with Gasteiger partial charge in [-0.15, -0.1) is 0 Å². The van der Waals surface area contributed by atoms with Gasteiger partial charge in [0.2, 0.25) is 0 Å². The van der Waals surface area contributed by atoms with E-state index in [1.165, 1.54) is 12.2 Å². The van der Waals surface area contributed by atoms with Crippen LogP contribution in [0.3, 0.4) is 0 Å². The summed E-state index contributed by atoms with van der Waals surface area (Å²) in [6.07, 6.45) is 4.77. The first-order valence-electron chi connectivity index (χ1n) is 3.81. The van der Waals surface area contributed by atoms with Gasteiger partial charge in [0.25, 0.3) is 0 Å². The summed E-state index contributed by atoms with van der Waals surface area (Å²) in [6, 6.07) is 1.81. The van der Waals surface area contributed by atoms with Crippen LogP contribution in [0.2, 0.25) is 0 Å². The number of nitriles is 1. The maximum Gasteiger partial charge on any atom is 0.137 e. The van der Waals surface area contributed by atoms with E-state index in [2.05, 4.69) is 0 Å². The lowest BCUT2D eigenvalue weighted by Gasteiger charge is -2.03. The number of allylic oxidation sites excluding steroid dienone is 6. The van der Waals surface area contributed by atoms with E-state index in [0.29, 0.717) is 0 Å². The summed E-state index contributed by atoms with van der Waals surface area (Å²) in [6.45, 7) is 3.82. The Labute approximate surface area is 71.5 Å². The maximum absolute atomic E-state index is 13.1. The standard InChI is InChI=1S/C10H10FN/c1-7-3-4-9(6-12)10(11)5-8(7)2/h3-5,8H,1-2H3. The van der Waals surface area contributed by atoms with Crippen LogP contribution < -0.4 is 0 Å². The second kappa shape index (κ2) is 3.36. The van der Waals surface area contributed by atoms with E-state index in [0.717, 1.165) is 5.57 Å². The Morgan fingerprint density at radius 3 is 2.75 bits per heavy atom. The number of halogens is 1. The van der Waals surface area contributed by atoms with Gasteiger partial charge in [-0.2, -0.15) is 5.26 Å². The van der Waals surface area contributed by atoms with Crippen molar-refractivity contribution in [1.82, 2.24) is 0 Å². The Morgan fingerprint density at radius 1 is 1.50 bits per heavy atom. The predicted molar refractivity (Wildman–Crippen MR) is 45.8 cm³/mol. The van der Waals surface area contributed by atoms with Crippen molar-refractivity contribution in [1.29, 1.82) is 5.26 Å². The Balaban J connectivity index is 3.10. The van der Waals surface area contributed by atoms with Gasteiger partial charge in [-0.25, -0.2) is 4.39 Å². The highest BCUT2D eigenvalue weighted by atomic mass is 19.1. The molecular formula is C10H10FN. The normalized spacial score (nSPS) is 23.2. The lowest BCUT2D eigenvalue weighted by molar-refractivity contribution is 0.642. The quantitative estimate of drug-likeness (QED) is 0.538. The van der Waals surface area contributed by atoms with Crippen molar-refractivity contribution in [3.8, 4) is 6.07 Å². The van der Waals surface area contributed by atoms with Crippen molar-refractivity contribution in [2.75, 3.05) is 0 Å². The first-order chi connectivity index (χ1) is 5.65. The largest absolute Gasteiger partial charge is 0.206 e. The summed E-state index contributed by atoms with van der Waals surface area (Å²) in [4.78, 5) is 0. The van der Waals surface area contributed by atoms with Gasteiger partial charge in [0.1, 0.15) is 11.9 Å². The summed E-state index contributed by atoms with van der Waals surface area (Å²) in [7, 11) is 0. The topological polar surface area (TPSA) is 23.8 Å². The van der Waals surface area contributed by atoms with Crippen LogP contribution in [0.25, 0.3) is 0 Å². The second-order valence-corrected chi connectivity index (χ2v) is 2.91. The van der Waals surface area contributed by atoms with Crippen molar-refractivity contribution >= 4 is 0 Å². The molecule has 0 saturated heterocycles. The fourth-order valence-corrected chi connectivity index (χ4v) is 0.978. The highest BCUT2D eigenvalue weighted by molar-refractivity contribution is 5.44. The Bertz CT molecular complexity index is 315. The molecule has 0 bridgehead atoms. The van der Waals surface area contributed by atoms with Crippen LogP contribution in [0.1, 0.15) is 13.8 Å². The third-order valence-corrected chi connectivity index (χ3v) is 2.01. The highest BCUT2D eigenvalue weighted by Crippen LogP contribution is 2.22. The average Bonchev–Trinajstić information content (AvgIpc) is 2.14. The van der Waals surface area contributed by atoms with Crippen LogP contribution in [0.15, 0.2) is 35.2 Å². The van der Waals surface area contributed by atoms with Crippen molar-refractivity contribution in [2.24, 2.45) is 5.92 Å². The molecule has 62 valence electrons. The molecule has 0 aromatic heterocycles. The third kappa shape index (κ3) is 1.62. The molecule has 1 aliphatic carbocycles. The maximum atomic E-state index is 13.1. The van der Waals surface area contributed by atoms with Crippen molar-refractivity contribution in [3.05, 3.63) is 35.2 Å². The van der Waals surface area contributed by atoms with Gasteiger partial charge in [0.15, 0.2) is 0 Å². The van der Waals surface area contributed by atoms with Crippen LogP contribution >= 0.6 is 0 Å². The Hall–Kier alpha value is -1.36. The molecule has 0 heterocycles. The molecule has 1 rings (SSSR count).